The van der Waals surface area contributed by atoms with Crippen LogP contribution in [0, 0.1) is 0 Å². The largest absolute Gasteiger partial charge is 0.208 e. The minimum atomic E-state index is -0.555. The van der Waals surface area contributed by atoms with Crippen LogP contribution in [-0.4, -0.2) is 15.0 Å². The lowest BCUT2D eigenvalue weighted by Crippen LogP contribution is -2.26. The lowest BCUT2D eigenvalue weighted by Gasteiger charge is -2.31. The Balaban J connectivity index is 1.25. The number of hydrogen-bond acceptors (Lipinski definition) is 4. The van der Waals surface area contributed by atoms with Gasteiger partial charge in [0, 0.05) is 32.0 Å². The zero-order valence-electron chi connectivity index (χ0n) is 29.1. The summed E-state index contributed by atoms with van der Waals surface area (Å²) in [6.45, 7) is 0. The first-order chi connectivity index (χ1) is 26.8. The molecule has 0 aliphatic heterocycles. The fourth-order valence-electron chi connectivity index (χ4n) is 8.80. The van der Waals surface area contributed by atoms with Crippen LogP contribution in [0.3, 0.4) is 0 Å². The van der Waals surface area contributed by atoms with E-state index in [1.54, 1.807) is 0 Å². The molecule has 9 aromatic rings. The molecule has 3 nitrogen and oxygen atoms in total. The highest BCUT2D eigenvalue weighted by Gasteiger charge is 2.55. The van der Waals surface area contributed by atoms with Crippen molar-refractivity contribution in [1.29, 1.82) is 0 Å². The molecule has 11 rings (SSSR count). The van der Waals surface area contributed by atoms with Crippen LogP contribution in [0.1, 0.15) is 22.3 Å². The van der Waals surface area contributed by atoms with Crippen LogP contribution in [0.2, 0.25) is 0 Å². The Labute approximate surface area is 318 Å². The first-order valence-electron chi connectivity index (χ1n) is 18.3. The normalized spacial score (nSPS) is 14.7. The van der Waals surface area contributed by atoms with E-state index in [1.807, 2.05) is 47.7 Å². The summed E-state index contributed by atoms with van der Waals surface area (Å²) in [6.07, 6.45) is 0. The maximum Gasteiger partial charge on any atom is 0.164 e. The monoisotopic (exact) mass is 705 g/mol. The van der Waals surface area contributed by atoms with Gasteiger partial charge in [-0.15, -0.1) is 11.3 Å². The molecule has 0 radical (unpaired) electrons. The summed E-state index contributed by atoms with van der Waals surface area (Å²) in [5.74, 6) is 1.97. The average Bonchev–Trinajstić information content (AvgIpc) is 3.90. The van der Waals surface area contributed by atoms with E-state index in [0.717, 1.165) is 16.7 Å². The molecule has 0 amide bonds. The molecule has 54 heavy (non-hydrogen) atoms. The Morgan fingerprint density at radius 3 is 1.28 bits per heavy atom. The summed E-state index contributed by atoms with van der Waals surface area (Å²) < 4.78 is 0. The SMILES string of the molecule is c1ccc(-c2nc(-c3ccccc3)nc(-c3cccc4c3-c3ccccc3C43c4ccccc4-c4c(-c5ccccc5)sc(-c5ccccc5)c43)n2)cc1. The second-order valence-electron chi connectivity index (χ2n) is 13.8. The third-order valence-corrected chi connectivity index (χ3v) is 12.3. The number of fused-ring (bicyclic) bond motifs is 10. The van der Waals surface area contributed by atoms with Crippen LogP contribution >= 0.6 is 11.3 Å². The highest BCUT2D eigenvalue weighted by Crippen LogP contribution is 2.68. The molecule has 0 saturated carbocycles. The Morgan fingerprint density at radius 2 is 0.722 bits per heavy atom. The summed E-state index contributed by atoms with van der Waals surface area (Å²) >= 11 is 1.91. The lowest BCUT2D eigenvalue weighted by atomic mass is 9.70. The summed E-state index contributed by atoms with van der Waals surface area (Å²) in [7, 11) is 0. The van der Waals surface area contributed by atoms with Gasteiger partial charge in [-0.25, -0.2) is 15.0 Å². The van der Waals surface area contributed by atoms with E-state index >= 15 is 0 Å². The zero-order chi connectivity index (χ0) is 35.6. The van der Waals surface area contributed by atoms with Crippen LogP contribution in [0.4, 0.5) is 0 Å². The Kier molecular flexibility index (Phi) is 6.94. The predicted octanol–water partition coefficient (Wildman–Crippen LogP) is 12.6. The quantitative estimate of drug-likeness (QED) is 0.179. The molecule has 7 aromatic carbocycles. The van der Waals surface area contributed by atoms with Gasteiger partial charge >= 0.3 is 0 Å². The lowest BCUT2D eigenvalue weighted by molar-refractivity contribution is 0.798. The number of benzene rings is 7. The minimum absolute atomic E-state index is 0.555. The molecule has 2 aliphatic carbocycles. The predicted molar refractivity (Wildman–Crippen MR) is 221 cm³/mol. The van der Waals surface area contributed by atoms with E-state index in [4.69, 9.17) is 15.0 Å². The highest BCUT2D eigenvalue weighted by molar-refractivity contribution is 7.19. The zero-order valence-corrected chi connectivity index (χ0v) is 30.0. The van der Waals surface area contributed by atoms with E-state index in [-0.39, 0.29) is 0 Å². The topological polar surface area (TPSA) is 38.7 Å². The van der Waals surface area contributed by atoms with Gasteiger partial charge in [0.25, 0.3) is 0 Å². The van der Waals surface area contributed by atoms with Crippen molar-refractivity contribution >= 4 is 11.3 Å². The summed E-state index contributed by atoms with van der Waals surface area (Å²) in [6, 6.07) is 67.1. The molecule has 1 atom stereocenters. The van der Waals surface area contributed by atoms with Gasteiger partial charge in [-0.05, 0) is 50.1 Å². The third-order valence-electron chi connectivity index (χ3n) is 11.0. The molecule has 0 N–H and O–H groups in total. The van der Waals surface area contributed by atoms with Crippen molar-refractivity contribution < 1.29 is 0 Å². The van der Waals surface area contributed by atoms with Crippen LogP contribution in [0.15, 0.2) is 188 Å². The molecule has 0 saturated heterocycles. The Hall–Kier alpha value is -6.75. The number of thiophene rings is 1. The van der Waals surface area contributed by atoms with Gasteiger partial charge in [-0.1, -0.05) is 188 Å². The van der Waals surface area contributed by atoms with Gasteiger partial charge in [0.15, 0.2) is 17.5 Å². The molecule has 2 aromatic heterocycles. The van der Waals surface area contributed by atoms with Crippen molar-refractivity contribution in [1.82, 2.24) is 15.0 Å². The molecular formula is C50H31N3S. The van der Waals surface area contributed by atoms with Gasteiger partial charge in [0.05, 0.1) is 5.41 Å². The minimum Gasteiger partial charge on any atom is -0.208 e. The molecule has 1 spiro atoms. The number of hydrogen-bond donors (Lipinski definition) is 0. The van der Waals surface area contributed by atoms with Gasteiger partial charge in [-0.2, -0.15) is 0 Å². The maximum absolute atomic E-state index is 5.24. The molecule has 1 unspecified atom stereocenters. The third kappa shape index (κ3) is 4.44. The molecular weight excluding hydrogens is 675 g/mol. The number of rotatable bonds is 5. The fraction of sp³-hybridized carbons (Fsp3) is 0.0200. The molecule has 2 aliphatic rings. The standard InChI is InChI=1S/C50H31N3S/c1-5-18-32(19-6-1)45-43-37-27-14-16-30-40(37)50(44(43)46(54-45)33-20-7-2-8-21-33)39-29-15-13-26-36(39)42-38(28-17-31-41(42)50)49-52-47(34-22-9-3-10-23-34)51-48(53-49)35-24-11-4-12-25-35/h1-31H. The smallest absolute Gasteiger partial charge is 0.164 e. The van der Waals surface area contributed by atoms with Crippen LogP contribution < -0.4 is 0 Å². The number of nitrogens with zero attached hydrogens (tertiary/aromatic N) is 3. The second-order valence-corrected chi connectivity index (χ2v) is 14.9. The van der Waals surface area contributed by atoms with E-state index < -0.39 is 5.41 Å². The van der Waals surface area contributed by atoms with Crippen LogP contribution in [0.25, 0.3) is 77.3 Å². The molecule has 0 bridgehead atoms. The average molecular weight is 706 g/mol. The van der Waals surface area contributed by atoms with Crippen molar-refractivity contribution in [3.63, 3.8) is 0 Å². The summed E-state index contributed by atoms with van der Waals surface area (Å²) in [5.41, 5.74) is 15.0. The van der Waals surface area contributed by atoms with Crippen molar-refractivity contribution in [2.45, 2.75) is 5.41 Å². The van der Waals surface area contributed by atoms with Crippen molar-refractivity contribution in [2.24, 2.45) is 0 Å². The van der Waals surface area contributed by atoms with E-state index in [9.17, 15) is 0 Å². The second kappa shape index (κ2) is 12.2. The van der Waals surface area contributed by atoms with E-state index in [2.05, 4.69) is 152 Å². The van der Waals surface area contributed by atoms with E-state index in [0.29, 0.717) is 17.5 Å². The summed E-state index contributed by atoms with van der Waals surface area (Å²) in [5, 5.41) is 0. The van der Waals surface area contributed by atoms with E-state index in [1.165, 1.54) is 65.4 Å². The van der Waals surface area contributed by atoms with Crippen LogP contribution in [-0.2, 0) is 5.41 Å². The van der Waals surface area contributed by atoms with Gasteiger partial charge in [0.2, 0.25) is 0 Å². The highest BCUT2D eigenvalue weighted by atomic mass is 32.1. The fourth-order valence-corrected chi connectivity index (χ4v) is 10.2. The Morgan fingerprint density at radius 1 is 0.315 bits per heavy atom. The molecule has 0 fully saturated rings. The summed E-state index contributed by atoms with van der Waals surface area (Å²) in [4.78, 5) is 18.1. The first-order valence-corrected chi connectivity index (χ1v) is 19.1. The van der Waals surface area contributed by atoms with Crippen molar-refractivity contribution in [2.75, 3.05) is 0 Å². The Bertz CT molecular complexity index is 2810. The first kappa shape index (κ1) is 30.8. The number of aromatic nitrogens is 3. The van der Waals surface area contributed by atoms with Crippen LogP contribution in [0.5, 0.6) is 0 Å². The van der Waals surface area contributed by atoms with Crippen molar-refractivity contribution in [3.05, 3.63) is 210 Å². The van der Waals surface area contributed by atoms with Crippen molar-refractivity contribution in [3.8, 4) is 77.3 Å². The van der Waals surface area contributed by atoms with Gasteiger partial charge in [0.1, 0.15) is 0 Å². The van der Waals surface area contributed by atoms with Gasteiger partial charge < -0.3 is 0 Å². The maximum atomic E-state index is 5.24. The molecule has 4 heteroatoms. The van der Waals surface area contributed by atoms with Gasteiger partial charge in [-0.3, -0.25) is 0 Å². The molecule has 252 valence electrons. The molecule has 2 heterocycles.